The molecule has 0 aliphatic heterocycles. The van der Waals surface area contributed by atoms with Gasteiger partial charge in [0.1, 0.15) is 0 Å². The van der Waals surface area contributed by atoms with E-state index in [0.717, 1.165) is 0 Å². The second-order valence-electron chi connectivity index (χ2n) is 2.12. The molecule has 0 heterocycles. The molecule has 0 bridgehead atoms. The smallest absolute Gasteiger partial charge is 0.292 e. The molecule has 0 saturated carbocycles. The van der Waals surface area contributed by atoms with Gasteiger partial charge in [0, 0.05) is 0 Å². The molecule has 0 N–H and O–H groups in total. The summed E-state index contributed by atoms with van der Waals surface area (Å²) in [6.45, 7) is 6.22. The van der Waals surface area contributed by atoms with Crippen LogP contribution in [0.4, 0.5) is 0 Å². The zero-order valence-electron chi connectivity index (χ0n) is 7.51. The summed E-state index contributed by atoms with van der Waals surface area (Å²) in [5.41, 5.74) is 0. The first-order valence-corrected chi connectivity index (χ1v) is 3.90. The van der Waals surface area contributed by atoms with Crippen LogP contribution in [0.3, 0.4) is 0 Å². The fourth-order valence-electron chi connectivity index (χ4n) is 0.539. The summed E-state index contributed by atoms with van der Waals surface area (Å²) in [6, 6.07) is 0. The summed E-state index contributed by atoms with van der Waals surface area (Å²) in [4.78, 5) is 8.95. The van der Waals surface area contributed by atoms with Crippen molar-refractivity contribution in [3.05, 3.63) is 12.7 Å². The molecule has 2 nitrogen and oxygen atoms in total. The third-order valence-corrected chi connectivity index (χ3v) is 1.11. The molecule has 0 aromatic heterocycles. The number of carbonyl (C=O) groups excluding carboxylic acids is 1. The van der Waals surface area contributed by atoms with Crippen molar-refractivity contribution in [1.82, 2.24) is 0 Å². The SMILES string of the molecule is C=CCCCCC.COC=O. The van der Waals surface area contributed by atoms with Crippen molar-refractivity contribution in [2.75, 3.05) is 7.11 Å². The maximum absolute atomic E-state index is 8.95. The molecule has 0 aliphatic carbocycles. The minimum Gasteiger partial charge on any atom is -0.471 e. The molecule has 0 spiro atoms. The number of hydrogen-bond acceptors (Lipinski definition) is 2. The lowest BCUT2D eigenvalue weighted by atomic mass is 10.2. The topological polar surface area (TPSA) is 26.3 Å². The highest BCUT2D eigenvalue weighted by molar-refractivity contribution is 5.36. The monoisotopic (exact) mass is 158 g/mol. The molecule has 11 heavy (non-hydrogen) atoms. The van der Waals surface area contributed by atoms with Gasteiger partial charge in [-0.15, -0.1) is 6.58 Å². The van der Waals surface area contributed by atoms with Gasteiger partial charge in [-0.25, -0.2) is 0 Å². The Balaban J connectivity index is 0. The summed E-state index contributed by atoms with van der Waals surface area (Å²) >= 11 is 0. The van der Waals surface area contributed by atoms with Crippen molar-refractivity contribution in [2.24, 2.45) is 0 Å². The van der Waals surface area contributed by atoms with E-state index in [1.54, 1.807) is 0 Å². The molecule has 0 amide bonds. The number of carbonyl (C=O) groups is 1. The maximum Gasteiger partial charge on any atom is 0.292 e. The van der Waals surface area contributed by atoms with Gasteiger partial charge in [-0.1, -0.05) is 25.8 Å². The van der Waals surface area contributed by atoms with E-state index in [1.165, 1.54) is 32.8 Å². The van der Waals surface area contributed by atoms with Crippen LogP contribution in [0.2, 0.25) is 0 Å². The molecule has 0 radical (unpaired) electrons. The minimum atomic E-state index is 0.375. The third-order valence-electron chi connectivity index (χ3n) is 1.11. The maximum atomic E-state index is 8.95. The first kappa shape index (κ1) is 12.8. The summed E-state index contributed by atoms with van der Waals surface area (Å²) in [5.74, 6) is 0. The van der Waals surface area contributed by atoms with Crippen LogP contribution in [-0.2, 0) is 9.53 Å². The van der Waals surface area contributed by atoms with Crippen LogP contribution >= 0.6 is 0 Å². The Morgan fingerprint density at radius 2 is 2.00 bits per heavy atom. The first-order chi connectivity index (χ1) is 5.33. The highest BCUT2D eigenvalue weighted by atomic mass is 16.5. The van der Waals surface area contributed by atoms with Gasteiger partial charge in [0.25, 0.3) is 6.47 Å². The van der Waals surface area contributed by atoms with Gasteiger partial charge in [-0.3, -0.25) is 4.79 Å². The Kier molecular flexibility index (Phi) is 18.8. The predicted octanol–water partition coefficient (Wildman–Crippen LogP) is 2.54. The van der Waals surface area contributed by atoms with Crippen LogP contribution < -0.4 is 0 Å². The van der Waals surface area contributed by atoms with Crippen LogP contribution in [0, 0.1) is 0 Å². The number of allylic oxidation sites excluding steroid dienone is 1. The zero-order chi connectivity index (χ0) is 8.95. The van der Waals surface area contributed by atoms with E-state index in [2.05, 4.69) is 18.2 Å². The zero-order valence-corrected chi connectivity index (χ0v) is 7.51. The minimum absolute atomic E-state index is 0.375. The number of methoxy groups -OCH3 is 1. The average molecular weight is 158 g/mol. The fourth-order valence-corrected chi connectivity index (χ4v) is 0.539. The molecule has 0 unspecified atom stereocenters. The molecular formula is C9H18O2. The summed E-state index contributed by atoms with van der Waals surface area (Å²) in [5, 5.41) is 0. The summed E-state index contributed by atoms with van der Waals surface area (Å²) < 4.78 is 3.86. The van der Waals surface area contributed by atoms with E-state index in [-0.39, 0.29) is 0 Å². The van der Waals surface area contributed by atoms with E-state index in [9.17, 15) is 0 Å². The standard InChI is InChI=1S/C7H14.C2H4O2/c1-3-5-7-6-4-2;1-4-2-3/h3H,1,4-7H2,2H3;2H,1H3. The van der Waals surface area contributed by atoms with Gasteiger partial charge in [0.2, 0.25) is 0 Å². The molecule has 0 atom stereocenters. The molecule has 0 saturated heterocycles. The molecule has 0 rings (SSSR count). The molecule has 0 fully saturated rings. The van der Waals surface area contributed by atoms with Gasteiger partial charge < -0.3 is 4.74 Å². The van der Waals surface area contributed by atoms with Gasteiger partial charge >= 0.3 is 0 Å². The van der Waals surface area contributed by atoms with Crippen molar-refractivity contribution in [1.29, 1.82) is 0 Å². The summed E-state index contributed by atoms with van der Waals surface area (Å²) in [6.07, 6.45) is 7.16. The Morgan fingerprint density at radius 1 is 1.45 bits per heavy atom. The molecule has 66 valence electrons. The summed E-state index contributed by atoms with van der Waals surface area (Å²) in [7, 11) is 1.31. The van der Waals surface area contributed by atoms with E-state index >= 15 is 0 Å². The molecule has 0 aliphatic rings. The van der Waals surface area contributed by atoms with Crippen LogP contribution in [0.1, 0.15) is 32.6 Å². The van der Waals surface area contributed by atoms with Crippen LogP contribution in [0.15, 0.2) is 12.7 Å². The largest absolute Gasteiger partial charge is 0.471 e. The Morgan fingerprint density at radius 3 is 2.27 bits per heavy atom. The fraction of sp³-hybridized carbons (Fsp3) is 0.667. The lowest BCUT2D eigenvalue weighted by molar-refractivity contribution is -0.126. The van der Waals surface area contributed by atoms with Gasteiger partial charge in [0.15, 0.2) is 0 Å². The van der Waals surface area contributed by atoms with Crippen LogP contribution in [0.5, 0.6) is 0 Å². The first-order valence-electron chi connectivity index (χ1n) is 3.90. The molecule has 2 heteroatoms. The number of unbranched alkanes of at least 4 members (excludes halogenated alkanes) is 3. The third kappa shape index (κ3) is 27.0. The predicted molar refractivity (Wildman–Crippen MR) is 47.4 cm³/mol. The normalized spacial score (nSPS) is 7.45. The van der Waals surface area contributed by atoms with Crippen molar-refractivity contribution >= 4 is 6.47 Å². The van der Waals surface area contributed by atoms with E-state index in [4.69, 9.17) is 4.79 Å². The highest BCUT2D eigenvalue weighted by Gasteiger charge is 1.77. The number of hydrogen-bond donors (Lipinski definition) is 0. The number of rotatable bonds is 5. The number of ether oxygens (including phenoxy) is 1. The average Bonchev–Trinajstić information content (AvgIpc) is 2.06. The van der Waals surface area contributed by atoms with Crippen molar-refractivity contribution < 1.29 is 9.53 Å². The van der Waals surface area contributed by atoms with Crippen molar-refractivity contribution in [3.63, 3.8) is 0 Å². The van der Waals surface area contributed by atoms with E-state index in [0.29, 0.717) is 6.47 Å². The molecule has 0 aromatic rings. The Bertz CT molecular complexity index is 79.6. The Hall–Kier alpha value is -0.790. The van der Waals surface area contributed by atoms with Gasteiger partial charge in [-0.2, -0.15) is 0 Å². The second kappa shape index (κ2) is 16.1. The lowest BCUT2D eigenvalue weighted by Gasteiger charge is -1.87. The quantitative estimate of drug-likeness (QED) is 0.349. The van der Waals surface area contributed by atoms with E-state index in [1.807, 2.05) is 6.08 Å². The molecular weight excluding hydrogens is 140 g/mol. The highest BCUT2D eigenvalue weighted by Crippen LogP contribution is 1.97. The van der Waals surface area contributed by atoms with Crippen molar-refractivity contribution in [3.8, 4) is 0 Å². The Labute approximate surface area is 69.3 Å². The molecule has 0 aromatic carbocycles. The van der Waals surface area contributed by atoms with Crippen LogP contribution in [-0.4, -0.2) is 13.6 Å². The van der Waals surface area contributed by atoms with Crippen LogP contribution in [0.25, 0.3) is 0 Å². The van der Waals surface area contributed by atoms with Gasteiger partial charge in [-0.05, 0) is 12.8 Å². The second-order valence-corrected chi connectivity index (χ2v) is 2.12. The van der Waals surface area contributed by atoms with Crippen molar-refractivity contribution in [2.45, 2.75) is 32.6 Å². The lowest BCUT2D eigenvalue weighted by Crippen LogP contribution is -1.68. The van der Waals surface area contributed by atoms with E-state index < -0.39 is 0 Å². The van der Waals surface area contributed by atoms with Gasteiger partial charge in [0.05, 0.1) is 7.11 Å².